The van der Waals surface area contributed by atoms with Gasteiger partial charge in [-0.1, -0.05) is 6.92 Å². The topological polar surface area (TPSA) is 66.3 Å². The van der Waals surface area contributed by atoms with Crippen molar-refractivity contribution in [1.82, 2.24) is 24.3 Å². The molecule has 0 aromatic carbocycles. The van der Waals surface area contributed by atoms with Crippen molar-refractivity contribution in [3.8, 4) is 0 Å². The molecule has 2 aromatic heterocycles. The number of nitrogens with zero attached hydrogens (tertiary/aromatic N) is 5. The number of hydrogen-bond acceptors (Lipinski definition) is 5. The third kappa shape index (κ3) is 3.68. The molecule has 1 saturated carbocycles. The van der Waals surface area contributed by atoms with Crippen LogP contribution >= 0.6 is 0 Å². The Labute approximate surface area is 179 Å². The van der Waals surface area contributed by atoms with Crippen molar-refractivity contribution in [3.63, 3.8) is 0 Å². The van der Waals surface area contributed by atoms with Crippen LogP contribution in [0.1, 0.15) is 69.8 Å². The van der Waals surface area contributed by atoms with Gasteiger partial charge in [-0.3, -0.25) is 4.79 Å². The first-order valence-electron chi connectivity index (χ1n) is 11.5. The summed E-state index contributed by atoms with van der Waals surface area (Å²) in [5.74, 6) is 0.711. The molecule has 3 heterocycles. The summed E-state index contributed by atoms with van der Waals surface area (Å²) >= 11 is 0. The number of carbonyl (C=O) groups is 1. The summed E-state index contributed by atoms with van der Waals surface area (Å²) in [5.41, 5.74) is 1.61. The SMILES string of the molecule is CCC1(n2c(C(=O)N(C)C)cc3cnc(NC4CCN(C(C)C)CC4)nc32)CCC1. The lowest BCUT2D eigenvalue weighted by molar-refractivity contribution is 0.0780. The molecule has 2 aliphatic rings. The number of hydrogen-bond donors (Lipinski definition) is 1. The van der Waals surface area contributed by atoms with E-state index in [1.54, 1.807) is 4.90 Å². The molecule has 2 aromatic rings. The van der Waals surface area contributed by atoms with Gasteiger partial charge in [0.2, 0.25) is 5.95 Å². The maximum Gasteiger partial charge on any atom is 0.270 e. The van der Waals surface area contributed by atoms with E-state index in [2.05, 4.69) is 40.5 Å². The van der Waals surface area contributed by atoms with Crippen LogP contribution in [0.3, 0.4) is 0 Å². The Kier molecular flexibility index (Phi) is 5.75. The monoisotopic (exact) mass is 412 g/mol. The number of anilines is 1. The van der Waals surface area contributed by atoms with Gasteiger partial charge in [-0.05, 0) is 58.4 Å². The minimum absolute atomic E-state index is 0.00300. The lowest BCUT2D eigenvalue weighted by atomic mass is 9.74. The van der Waals surface area contributed by atoms with Gasteiger partial charge in [-0.2, -0.15) is 4.98 Å². The second-order valence-electron chi connectivity index (χ2n) is 9.52. The van der Waals surface area contributed by atoms with Crippen LogP contribution in [-0.4, -0.2) is 69.5 Å². The zero-order valence-electron chi connectivity index (χ0n) is 19.1. The molecule has 2 fully saturated rings. The molecule has 0 bridgehead atoms. The fourth-order valence-corrected chi connectivity index (χ4v) is 4.99. The third-order valence-electron chi connectivity index (χ3n) is 7.18. The molecule has 1 N–H and O–H groups in total. The highest BCUT2D eigenvalue weighted by atomic mass is 16.2. The van der Waals surface area contributed by atoms with Gasteiger partial charge in [0.15, 0.2) is 0 Å². The Morgan fingerprint density at radius 1 is 1.30 bits per heavy atom. The van der Waals surface area contributed by atoms with Gasteiger partial charge in [0.1, 0.15) is 11.3 Å². The van der Waals surface area contributed by atoms with E-state index < -0.39 is 0 Å². The van der Waals surface area contributed by atoms with Gasteiger partial charge in [0, 0.05) is 56.4 Å². The summed E-state index contributed by atoms with van der Waals surface area (Å²) in [7, 11) is 3.62. The highest BCUT2D eigenvalue weighted by Crippen LogP contribution is 2.45. The zero-order valence-corrected chi connectivity index (χ0v) is 19.1. The van der Waals surface area contributed by atoms with Crippen molar-refractivity contribution in [2.45, 2.75) is 76.9 Å². The first kappa shape index (κ1) is 21.1. The molecule has 0 radical (unpaired) electrons. The maximum absolute atomic E-state index is 13.0. The number of likely N-dealkylation sites (tertiary alicyclic amines) is 1. The number of nitrogens with one attached hydrogen (secondary N) is 1. The molecule has 30 heavy (non-hydrogen) atoms. The summed E-state index contributed by atoms with van der Waals surface area (Å²) in [5, 5.41) is 4.51. The molecular formula is C23H36N6O. The Bertz CT molecular complexity index is 900. The van der Waals surface area contributed by atoms with Crippen LogP contribution in [0.25, 0.3) is 11.0 Å². The smallest absolute Gasteiger partial charge is 0.270 e. The van der Waals surface area contributed by atoms with E-state index in [1.165, 1.54) is 6.42 Å². The highest BCUT2D eigenvalue weighted by molar-refractivity contribution is 5.98. The van der Waals surface area contributed by atoms with Crippen molar-refractivity contribution in [1.29, 1.82) is 0 Å². The molecule has 1 amide bonds. The molecule has 7 heteroatoms. The van der Waals surface area contributed by atoms with Gasteiger partial charge in [-0.15, -0.1) is 0 Å². The molecule has 1 aliphatic carbocycles. The van der Waals surface area contributed by atoms with Crippen molar-refractivity contribution in [2.24, 2.45) is 0 Å². The molecule has 0 unspecified atom stereocenters. The van der Waals surface area contributed by atoms with Crippen molar-refractivity contribution >= 4 is 22.9 Å². The Morgan fingerprint density at radius 3 is 2.53 bits per heavy atom. The average Bonchev–Trinajstić information content (AvgIpc) is 3.06. The average molecular weight is 413 g/mol. The first-order valence-corrected chi connectivity index (χ1v) is 11.5. The minimum Gasteiger partial charge on any atom is -0.351 e. The van der Waals surface area contributed by atoms with Crippen molar-refractivity contribution in [3.05, 3.63) is 18.0 Å². The van der Waals surface area contributed by atoms with E-state index in [9.17, 15) is 4.79 Å². The number of aromatic nitrogens is 3. The molecule has 4 rings (SSSR count). The van der Waals surface area contributed by atoms with E-state index >= 15 is 0 Å². The maximum atomic E-state index is 13.0. The summed E-state index contributed by atoms with van der Waals surface area (Å²) in [4.78, 5) is 26.7. The highest BCUT2D eigenvalue weighted by Gasteiger charge is 2.41. The molecule has 164 valence electrons. The predicted octanol–water partition coefficient (Wildman–Crippen LogP) is 3.71. The van der Waals surface area contributed by atoms with Crippen LogP contribution in [0.15, 0.2) is 12.3 Å². The van der Waals surface area contributed by atoms with Crippen LogP contribution < -0.4 is 5.32 Å². The van der Waals surface area contributed by atoms with Gasteiger partial charge in [0.25, 0.3) is 5.91 Å². The van der Waals surface area contributed by atoms with E-state index in [4.69, 9.17) is 4.98 Å². The van der Waals surface area contributed by atoms with Crippen LogP contribution in [0.4, 0.5) is 5.95 Å². The van der Waals surface area contributed by atoms with Crippen LogP contribution in [0.5, 0.6) is 0 Å². The number of carbonyl (C=O) groups excluding carboxylic acids is 1. The largest absolute Gasteiger partial charge is 0.351 e. The third-order valence-corrected chi connectivity index (χ3v) is 7.18. The second-order valence-corrected chi connectivity index (χ2v) is 9.52. The summed E-state index contributed by atoms with van der Waals surface area (Å²) < 4.78 is 2.22. The molecule has 7 nitrogen and oxygen atoms in total. The fraction of sp³-hybridized carbons (Fsp3) is 0.696. The molecule has 1 saturated heterocycles. The fourth-order valence-electron chi connectivity index (χ4n) is 4.99. The molecule has 1 aliphatic heterocycles. The van der Waals surface area contributed by atoms with Gasteiger partial charge < -0.3 is 19.7 Å². The molecular weight excluding hydrogens is 376 g/mol. The lowest BCUT2D eigenvalue weighted by Crippen LogP contribution is -2.43. The van der Waals surface area contributed by atoms with Crippen molar-refractivity contribution < 1.29 is 4.79 Å². The van der Waals surface area contributed by atoms with Gasteiger partial charge in [0.05, 0.1) is 0 Å². The van der Waals surface area contributed by atoms with Gasteiger partial charge >= 0.3 is 0 Å². The number of rotatable bonds is 6. The van der Waals surface area contributed by atoms with E-state index in [-0.39, 0.29) is 11.4 Å². The van der Waals surface area contributed by atoms with Crippen LogP contribution in [-0.2, 0) is 5.54 Å². The number of fused-ring (bicyclic) bond motifs is 1. The summed E-state index contributed by atoms with van der Waals surface area (Å²) in [6, 6.07) is 2.97. The molecule has 0 spiro atoms. The van der Waals surface area contributed by atoms with E-state index in [1.807, 2.05) is 26.4 Å². The Balaban J connectivity index is 1.66. The predicted molar refractivity (Wildman–Crippen MR) is 121 cm³/mol. The Morgan fingerprint density at radius 2 is 2.00 bits per heavy atom. The summed E-state index contributed by atoms with van der Waals surface area (Å²) in [6.07, 6.45) is 8.48. The lowest BCUT2D eigenvalue weighted by Gasteiger charge is -2.44. The van der Waals surface area contributed by atoms with E-state index in [0.717, 1.165) is 61.9 Å². The van der Waals surface area contributed by atoms with Crippen molar-refractivity contribution in [2.75, 3.05) is 32.5 Å². The van der Waals surface area contributed by atoms with Crippen LogP contribution in [0.2, 0.25) is 0 Å². The standard InChI is InChI=1S/C23H36N6O/c1-6-23(10-7-11-23)29-19(21(30)27(4)5)14-17-15-24-22(26-20(17)29)25-18-8-12-28(13-9-18)16(2)3/h14-16,18H,6-13H2,1-5H3,(H,24,25,26). The summed E-state index contributed by atoms with van der Waals surface area (Å²) in [6.45, 7) is 8.95. The second kappa shape index (κ2) is 8.17. The quantitative estimate of drug-likeness (QED) is 0.783. The van der Waals surface area contributed by atoms with Crippen LogP contribution in [0, 0.1) is 0 Å². The zero-order chi connectivity index (χ0) is 21.5. The minimum atomic E-state index is -0.00300. The van der Waals surface area contributed by atoms with Gasteiger partial charge in [-0.25, -0.2) is 4.98 Å². The number of amides is 1. The Hall–Kier alpha value is -2.15. The number of piperidine rings is 1. The first-order chi connectivity index (χ1) is 14.3. The molecule has 0 atom stereocenters. The normalized spacial score (nSPS) is 19.8. The van der Waals surface area contributed by atoms with E-state index in [0.29, 0.717) is 18.0 Å².